The van der Waals surface area contributed by atoms with E-state index in [4.69, 9.17) is 0 Å². The topological polar surface area (TPSA) is 51.0 Å². The molecule has 5 nitrogen and oxygen atoms in total. The van der Waals surface area contributed by atoms with Crippen molar-refractivity contribution in [2.45, 2.75) is 20.4 Å². The van der Waals surface area contributed by atoms with Gasteiger partial charge in [-0.25, -0.2) is 4.68 Å². The van der Waals surface area contributed by atoms with Crippen LogP contribution in [0.5, 0.6) is 0 Å². The first-order valence-corrected chi connectivity index (χ1v) is 8.85. The predicted molar refractivity (Wildman–Crippen MR) is 105 cm³/mol. The molecule has 3 aromatic carbocycles. The van der Waals surface area contributed by atoms with E-state index in [2.05, 4.69) is 28.5 Å². The average molecular weight is 344 g/mol. The summed E-state index contributed by atoms with van der Waals surface area (Å²) in [6.45, 7) is 5.35. The van der Waals surface area contributed by atoms with Crippen molar-refractivity contribution in [3.8, 4) is 0 Å². The van der Waals surface area contributed by atoms with Gasteiger partial charge in [-0.2, -0.15) is 0 Å². The van der Waals surface area contributed by atoms with Crippen molar-refractivity contribution in [2.24, 2.45) is 0 Å². The Morgan fingerprint density at radius 1 is 1.04 bits per heavy atom. The molecule has 0 saturated heterocycles. The van der Waals surface area contributed by atoms with Crippen molar-refractivity contribution >= 4 is 33.4 Å². The molecule has 5 heteroatoms. The molecule has 4 aromatic rings. The van der Waals surface area contributed by atoms with Gasteiger partial charge in [0.1, 0.15) is 5.52 Å². The summed E-state index contributed by atoms with van der Waals surface area (Å²) < 4.78 is 1.83. The molecule has 0 unspecified atom stereocenters. The molecule has 1 aromatic heterocycles. The van der Waals surface area contributed by atoms with Crippen molar-refractivity contribution in [3.05, 3.63) is 66.2 Å². The third-order valence-electron chi connectivity index (χ3n) is 4.68. The zero-order valence-corrected chi connectivity index (χ0v) is 14.9. The van der Waals surface area contributed by atoms with E-state index in [1.807, 2.05) is 65.9 Å². The highest BCUT2D eigenvalue weighted by molar-refractivity contribution is 6.11. The third kappa shape index (κ3) is 2.62. The van der Waals surface area contributed by atoms with Crippen molar-refractivity contribution in [1.29, 1.82) is 0 Å². The second-order valence-electron chi connectivity index (χ2n) is 6.16. The van der Waals surface area contributed by atoms with Gasteiger partial charge in [0.15, 0.2) is 0 Å². The fraction of sp³-hybridized carbons (Fsp3) is 0.190. The number of nitrogens with zero attached hydrogens (tertiary/aromatic N) is 4. The van der Waals surface area contributed by atoms with E-state index >= 15 is 0 Å². The van der Waals surface area contributed by atoms with Crippen LogP contribution >= 0.6 is 0 Å². The van der Waals surface area contributed by atoms with Crippen LogP contribution in [0.15, 0.2) is 60.7 Å². The van der Waals surface area contributed by atoms with Gasteiger partial charge < -0.3 is 4.90 Å². The van der Waals surface area contributed by atoms with Gasteiger partial charge in [-0.1, -0.05) is 41.6 Å². The molecule has 0 fully saturated rings. The van der Waals surface area contributed by atoms with E-state index in [0.29, 0.717) is 12.1 Å². The standard InChI is InChI=1S/C21H20N4O/c1-3-24(19-11-7-9-15-8-5-6-10-17(15)19)21(26)16-12-13-20-18(14-16)22-23-25(20)4-2/h5-14H,3-4H2,1-2H3. The third-order valence-corrected chi connectivity index (χ3v) is 4.68. The zero-order valence-electron chi connectivity index (χ0n) is 14.9. The first kappa shape index (κ1) is 16.3. The van der Waals surface area contributed by atoms with Crippen LogP contribution in [0.1, 0.15) is 24.2 Å². The van der Waals surface area contributed by atoms with Gasteiger partial charge in [-0.15, -0.1) is 5.10 Å². The minimum atomic E-state index is -0.0307. The second-order valence-corrected chi connectivity index (χ2v) is 6.16. The minimum Gasteiger partial charge on any atom is -0.308 e. The number of aryl methyl sites for hydroxylation is 1. The molecule has 0 aliphatic carbocycles. The Labute approximate surface area is 151 Å². The normalized spacial score (nSPS) is 11.2. The predicted octanol–water partition coefficient (Wildman–Crippen LogP) is 4.27. The highest BCUT2D eigenvalue weighted by atomic mass is 16.2. The Morgan fingerprint density at radius 2 is 1.85 bits per heavy atom. The van der Waals surface area contributed by atoms with Crippen LogP contribution in [-0.4, -0.2) is 27.4 Å². The van der Waals surface area contributed by atoms with Crippen LogP contribution in [0.2, 0.25) is 0 Å². The van der Waals surface area contributed by atoms with E-state index < -0.39 is 0 Å². The Balaban J connectivity index is 1.78. The van der Waals surface area contributed by atoms with E-state index in [-0.39, 0.29) is 5.91 Å². The summed E-state index contributed by atoms with van der Waals surface area (Å²) in [5.41, 5.74) is 3.23. The minimum absolute atomic E-state index is 0.0307. The van der Waals surface area contributed by atoms with Gasteiger partial charge in [0.2, 0.25) is 0 Å². The van der Waals surface area contributed by atoms with Gasteiger partial charge >= 0.3 is 0 Å². The summed E-state index contributed by atoms with van der Waals surface area (Å²) in [6.07, 6.45) is 0. The maximum Gasteiger partial charge on any atom is 0.258 e. The first-order valence-electron chi connectivity index (χ1n) is 8.85. The van der Waals surface area contributed by atoms with E-state index in [0.717, 1.165) is 34.0 Å². The quantitative estimate of drug-likeness (QED) is 0.555. The second kappa shape index (κ2) is 6.59. The molecule has 4 rings (SSSR count). The fourth-order valence-electron chi connectivity index (χ4n) is 3.36. The Kier molecular flexibility index (Phi) is 4.13. The molecule has 0 aliphatic heterocycles. The van der Waals surface area contributed by atoms with Gasteiger partial charge in [-0.3, -0.25) is 4.79 Å². The van der Waals surface area contributed by atoms with E-state index in [1.165, 1.54) is 0 Å². The number of fused-ring (bicyclic) bond motifs is 2. The number of carbonyl (C=O) groups excluding carboxylic acids is 1. The number of amides is 1. The SMILES string of the molecule is CCN(C(=O)c1ccc2c(c1)nnn2CC)c1cccc2ccccc12. The lowest BCUT2D eigenvalue weighted by Crippen LogP contribution is -2.30. The molecule has 0 saturated carbocycles. The number of rotatable bonds is 4. The Morgan fingerprint density at radius 3 is 2.65 bits per heavy atom. The van der Waals surface area contributed by atoms with Gasteiger partial charge in [-0.05, 0) is 43.5 Å². The molecule has 0 spiro atoms. The molecular weight excluding hydrogens is 324 g/mol. The van der Waals surface area contributed by atoms with Crippen LogP contribution in [0.3, 0.4) is 0 Å². The molecule has 130 valence electrons. The monoisotopic (exact) mass is 344 g/mol. The van der Waals surface area contributed by atoms with Gasteiger partial charge in [0.05, 0.1) is 11.2 Å². The highest BCUT2D eigenvalue weighted by Gasteiger charge is 2.19. The van der Waals surface area contributed by atoms with Gasteiger partial charge in [0.25, 0.3) is 5.91 Å². The number of hydrogen-bond donors (Lipinski definition) is 0. The molecular formula is C21H20N4O. The summed E-state index contributed by atoms with van der Waals surface area (Å²) in [4.78, 5) is 15.0. The summed E-state index contributed by atoms with van der Waals surface area (Å²) in [5, 5.41) is 10.5. The maximum atomic E-state index is 13.2. The molecule has 26 heavy (non-hydrogen) atoms. The van der Waals surface area contributed by atoms with Crippen molar-refractivity contribution in [3.63, 3.8) is 0 Å². The fourth-order valence-corrected chi connectivity index (χ4v) is 3.36. The Bertz CT molecular complexity index is 1090. The summed E-state index contributed by atoms with van der Waals surface area (Å²) in [7, 11) is 0. The molecule has 0 radical (unpaired) electrons. The van der Waals surface area contributed by atoms with Crippen LogP contribution in [-0.2, 0) is 6.54 Å². The lowest BCUT2D eigenvalue weighted by molar-refractivity contribution is 0.0988. The number of carbonyl (C=O) groups is 1. The average Bonchev–Trinajstić information content (AvgIpc) is 3.11. The molecule has 0 N–H and O–H groups in total. The summed E-state index contributed by atoms with van der Waals surface area (Å²) in [5.74, 6) is -0.0307. The van der Waals surface area contributed by atoms with Crippen LogP contribution in [0.4, 0.5) is 5.69 Å². The largest absolute Gasteiger partial charge is 0.308 e. The number of aromatic nitrogens is 3. The molecule has 0 atom stereocenters. The first-order chi connectivity index (χ1) is 12.7. The highest BCUT2D eigenvalue weighted by Crippen LogP contribution is 2.28. The number of hydrogen-bond acceptors (Lipinski definition) is 3. The molecule has 0 aliphatic rings. The Hall–Kier alpha value is -3.21. The van der Waals surface area contributed by atoms with Crippen molar-refractivity contribution in [1.82, 2.24) is 15.0 Å². The lowest BCUT2D eigenvalue weighted by Gasteiger charge is -2.23. The summed E-state index contributed by atoms with van der Waals surface area (Å²) in [6, 6.07) is 19.8. The van der Waals surface area contributed by atoms with Gasteiger partial charge in [0, 0.05) is 24.0 Å². The number of benzene rings is 3. The smallest absolute Gasteiger partial charge is 0.258 e. The van der Waals surface area contributed by atoms with Crippen LogP contribution in [0.25, 0.3) is 21.8 Å². The van der Waals surface area contributed by atoms with Crippen molar-refractivity contribution < 1.29 is 4.79 Å². The van der Waals surface area contributed by atoms with Crippen LogP contribution < -0.4 is 4.90 Å². The van der Waals surface area contributed by atoms with E-state index in [9.17, 15) is 4.79 Å². The zero-order chi connectivity index (χ0) is 18.1. The maximum absolute atomic E-state index is 13.2. The molecule has 0 bridgehead atoms. The van der Waals surface area contributed by atoms with Crippen molar-refractivity contribution in [2.75, 3.05) is 11.4 Å². The summed E-state index contributed by atoms with van der Waals surface area (Å²) >= 11 is 0. The number of anilines is 1. The lowest BCUT2D eigenvalue weighted by atomic mass is 10.1. The molecule has 1 heterocycles. The molecule has 1 amide bonds. The van der Waals surface area contributed by atoms with E-state index in [1.54, 1.807) is 0 Å². The van der Waals surface area contributed by atoms with Crippen LogP contribution in [0, 0.1) is 0 Å².